The minimum atomic E-state index is -3.62. The molecule has 5 nitrogen and oxygen atoms in total. The van der Waals surface area contributed by atoms with Crippen molar-refractivity contribution in [3.05, 3.63) is 59.7 Å². The van der Waals surface area contributed by atoms with Crippen molar-refractivity contribution < 1.29 is 13.2 Å². The maximum absolute atomic E-state index is 12.8. The third kappa shape index (κ3) is 4.82. The predicted octanol–water partition coefficient (Wildman–Crippen LogP) is 3.49. The Morgan fingerprint density at radius 2 is 1.72 bits per heavy atom. The molecule has 2 aromatic rings. The summed E-state index contributed by atoms with van der Waals surface area (Å²) < 4.78 is 25.9. The maximum atomic E-state index is 12.8. The van der Waals surface area contributed by atoms with Crippen LogP contribution in [0, 0.1) is 13.8 Å². The third-order valence-electron chi connectivity index (χ3n) is 3.90. The lowest BCUT2D eigenvalue weighted by molar-refractivity contribution is -0.117. The van der Waals surface area contributed by atoms with Gasteiger partial charge >= 0.3 is 0 Å². The molecule has 0 bridgehead atoms. The standard InChI is InChI=1S/C19H24N2O3S/c1-5-18(19(22)20-16-8-6-7-15(3)13-16)21(25(4,23)24)17-11-9-14(2)10-12-17/h6-13,18H,5H2,1-4H3,(H,20,22)/t18-/m1/s1. The molecule has 0 aliphatic carbocycles. The van der Waals surface area contributed by atoms with Crippen molar-refractivity contribution in [1.82, 2.24) is 0 Å². The number of sulfonamides is 1. The molecule has 0 aliphatic heterocycles. The molecule has 1 amide bonds. The van der Waals surface area contributed by atoms with Crippen LogP contribution in [0.4, 0.5) is 11.4 Å². The second-order valence-electron chi connectivity index (χ2n) is 6.18. The van der Waals surface area contributed by atoms with Crippen LogP contribution in [-0.2, 0) is 14.8 Å². The van der Waals surface area contributed by atoms with Gasteiger partial charge < -0.3 is 5.32 Å². The Morgan fingerprint density at radius 3 is 2.24 bits per heavy atom. The molecule has 0 aromatic heterocycles. The molecule has 0 spiro atoms. The first kappa shape index (κ1) is 19.0. The highest BCUT2D eigenvalue weighted by atomic mass is 32.2. The summed E-state index contributed by atoms with van der Waals surface area (Å²) in [6.07, 6.45) is 1.48. The fraction of sp³-hybridized carbons (Fsp3) is 0.316. The van der Waals surface area contributed by atoms with Gasteiger partial charge in [0.15, 0.2) is 0 Å². The minimum absolute atomic E-state index is 0.348. The van der Waals surface area contributed by atoms with E-state index in [-0.39, 0.29) is 5.91 Å². The van der Waals surface area contributed by atoms with Crippen LogP contribution in [0.25, 0.3) is 0 Å². The lowest BCUT2D eigenvalue weighted by Crippen LogP contribution is -2.47. The Kier molecular flexibility index (Phi) is 5.85. The quantitative estimate of drug-likeness (QED) is 0.857. The van der Waals surface area contributed by atoms with Crippen LogP contribution in [-0.4, -0.2) is 26.6 Å². The monoisotopic (exact) mass is 360 g/mol. The van der Waals surface area contributed by atoms with Gasteiger partial charge in [-0.1, -0.05) is 36.8 Å². The summed E-state index contributed by atoms with van der Waals surface area (Å²) in [6.45, 7) is 5.66. The molecule has 2 aromatic carbocycles. The van der Waals surface area contributed by atoms with Gasteiger partial charge in [0.2, 0.25) is 15.9 Å². The molecule has 0 aliphatic rings. The van der Waals surface area contributed by atoms with Crippen molar-refractivity contribution in [2.75, 3.05) is 15.9 Å². The van der Waals surface area contributed by atoms with Crippen molar-refractivity contribution in [1.29, 1.82) is 0 Å². The molecule has 1 atom stereocenters. The van der Waals surface area contributed by atoms with Gasteiger partial charge in [0.25, 0.3) is 0 Å². The molecule has 0 fully saturated rings. The number of amides is 1. The highest BCUT2D eigenvalue weighted by Gasteiger charge is 2.31. The summed E-state index contributed by atoms with van der Waals surface area (Å²) in [5.41, 5.74) is 3.18. The molecular formula is C19H24N2O3S. The van der Waals surface area contributed by atoms with Crippen LogP contribution in [0.1, 0.15) is 24.5 Å². The summed E-state index contributed by atoms with van der Waals surface area (Å²) in [5.74, 6) is -0.348. The SMILES string of the molecule is CC[C@H](C(=O)Nc1cccc(C)c1)N(c1ccc(C)cc1)S(C)(=O)=O. The number of hydrogen-bond donors (Lipinski definition) is 1. The highest BCUT2D eigenvalue weighted by Crippen LogP contribution is 2.24. The van der Waals surface area contributed by atoms with Crippen molar-refractivity contribution in [2.45, 2.75) is 33.2 Å². The van der Waals surface area contributed by atoms with E-state index in [2.05, 4.69) is 5.32 Å². The molecule has 0 saturated heterocycles. The fourth-order valence-electron chi connectivity index (χ4n) is 2.70. The number of hydrogen-bond acceptors (Lipinski definition) is 3. The molecule has 2 rings (SSSR count). The Bertz CT molecular complexity index is 845. The lowest BCUT2D eigenvalue weighted by atomic mass is 10.1. The highest BCUT2D eigenvalue weighted by molar-refractivity contribution is 7.92. The van der Waals surface area contributed by atoms with Gasteiger partial charge in [-0.15, -0.1) is 0 Å². The van der Waals surface area contributed by atoms with Crippen molar-refractivity contribution >= 4 is 27.3 Å². The minimum Gasteiger partial charge on any atom is -0.324 e. The summed E-state index contributed by atoms with van der Waals surface area (Å²) in [5, 5.41) is 2.82. The van der Waals surface area contributed by atoms with Crippen LogP contribution < -0.4 is 9.62 Å². The van der Waals surface area contributed by atoms with Crippen molar-refractivity contribution in [2.24, 2.45) is 0 Å². The number of rotatable bonds is 6. The zero-order chi connectivity index (χ0) is 18.6. The maximum Gasteiger partial charge on any atom is 0.248 e. The van der Waals surface area contributed by atoms with E-state index in [4.69, 9.17) is 0 Å². The first-order valence-corrected chi connectivity index (χ1v) is 10.0. The van der Waals surface area contributed by atoms with Gasteiger partial charge in [0, 0.05) is 5.69 Å². The average molecular weight is 360 g/mol. The topological polar surface area (TPSA) is 66.5 Å². The van der Waals surface area contributed by atoms with Gasteiger partial charge in [-0.3, -0.25) is 9.10 Å². The Labute approximate surface area is 149 Å². The van der Waals surface area contributed by atoms with E-state index in [0.717, 1.165) is 17.4 Å². The molecule has 6 heteroatoms. The van der Waals surface area contributed by atoms with E-state index in [1.165, 1.54) is 4.31 Å². The summed E-state index contributed by atoms with van der Waals surface area (Å²) in [7, 11) is -3.62. The molecule has 0 saturated carbocycles. The normalized spacial score (nSPS) is 12.5. The Morgan fingerprint density at radius 1 is 1.08 bits per heavy atom. The Hall–Kier alpha value is -2.34. The Balaban J connectivity index is 2.36. The number of anilines is 2. The molecule has 134 valence electrons. The van der Waals surface area contributed by atoms with Crippen molar-refractivity contribution in [3.8, 4) is 0 Å². The van der Waals surface area contributed by atoms with Crippen LogP contribution in [0.3, 0.4) is 0 Å². The molecule has 25 heavy (non-hydrogen) atoms. The van der Waals surface area contributed by atoms with E-state index in [1.54, 1.807) is 25.1 Å². The van der Waals surface area contributed by atoms with Crippen molar-refractivity contribution in [3.63, 3.8) is 0 Å². The number of carbonyl (C=O) groups is 1. The fourth-order valence-corrected chi connectivity index (χ4v) is 3.91. The average Bonchev–Trinajstić information content (AvgIpc) is 2.52. The van der Waals surface area contributed by atoms with Crippen LogP contribution in [0.2, 0.25) is 0 Å². The second kappa shape index (κ2) is 7.70. The molecule has 0 unspecified atom stereocenters. The van der Waals surface area contributed by atoms with E-state index < -0.39 is 16.1 Å². The molecular weight excluding hydrogens is 336 g/mol. The summed E-state index contributed by atoms with van der Waals surface area (Å²) in [6, 6.07) is 13.7. The number of carbonyl (C=O) groups excluding carboxylic acids is 1. The van der Waals surface area contributed by atoms with Gasteiger partial charge in [0.05, 0.1) is 11.9 Å². The van der Waals surface area contributed by atoms with E-state index in [1.807, 2.05) is 44.2 Å². The van der Waals surface area contributed by atoms with E-state index >= 15 is 0 Å². The predicted molar refractivity (Wildman–Crippen MR) is 102 cm³/mol. The summed E-state index contributed by atoms with van der Waals surface area (Å²) in [4.78, 5) is 12.8. The second-order valence-corrected chi connectivity index (χ2v) is 8.04. The van der Waals surface area contributed by atoms with E-state index in [0.29, 0.717) is 17.8 Å². The number of benzene rings is 2. The first-order chi connectivity index (χ1) is 11.7. The van der Waals surface area contributed by atoms with Gasteiger partial charge in [-0.25, -0.2) is 8.42 Å². The molecule has 1 N–H and O–H groups in total. The van der Waals surface area contributed by atoms with Crippen LogP contribution in [0.15, 0.2) is 48.5 Å². The lowest BCUT2D eigenvalue weighted by Gasteiger charge is -2.30. The molecule has 0 radical (unpaired) electrons. The number of nitrogens with one attached hydrogen (secondary N) is 1. The van der Waals surface area contributed by atoms with Gasteiger partial charge in [-0.2, -0.15) is 0 Å². The largest absolute Gasteiger partial charge is 0.324 e. The number of nitrogens with zero attached hydrogens (tertiary/aromatic N) is 1. The third-order valence-corrected chi connectivity index (χ3v) is 5.08. The van der Waals surface area contributed by atoms with Gasteiger partial charge in [-0.05, 0) is 50.1 Å². The first-order valence-electron chi connectivity index (χ1n) is 8.16. The van der Waals surface area contributed by atoms with E-state index in [9.17, 15) is 13.2 Å². The zero-order valence-corrected chi connectivity index (χ0v) is 15.8. The van der Waals surface area contributed by atoms with Gasteiger partial charge in [0.1, 0.15) is 6.04 Å². The zero-order valence-electron chi connectivity index (χ0n) is 15.0. The summed E-state index contributed by atoms with van der Waals surface area (Å²) >= 11 is 0. The van der Waals surface area contributed by atoms with Crippen LogP contribution >= 0.6 is 0 Å². The smallest absolute Gasteiger partial charge is 0.248 e. The molecule has 0 heterocycles. The van der Waals surface area contributed by atoms with Crippen LogP contribution in [0.5, 0.6) is 0 Å². The number of aryl methyl sites for hydroxylation is 2.